The molecule has 1 atom stereocenters. The molecular formula is C9H7N3S. The van der Waals surface area contributed by atoms with Crippen LogP contribution in [0.15, 0.2) is 18.3 Å². The zero-order valence-electron chi connectivity index (χ0n) is 6.81. The minimum absolute atomic E-state index is 0.139. The zero-order valence-corrected chi connectivity index (χ0v) is 7.70. The van der Waals surface area contributed by atoms with Gasteiger partial charge in [0.1, 0.15) is 11.8 Å². The third-order valence-electron chi connectivity index (χ3n) is 1.57. The predicted molar refractivity (Wildman–Crippen MR) is 50.9 cm³/mol. The topological polar surface area (TPSA) is 60.5 Å². The summed E-state index contributed by atoms with van der Waals surface area (Å²) in [5, 5.41) is 16.9. The molecule has 64 valence electrons. The second-order valence-corrected chi connectivity index (χ2v) is 3.09. The van der Waals surface area contributed by atoms with Gasteiger partial charge in [0, 0.05) is 11.4 Å². The lowest BCUT2D eigenvalue weighted by Gasteiger charge is -2.05. The molecule has 1 aromatic heterocycles. The maximum atomic E-state index is 8.57. The molecular weight excluding hydrogens is 182 g/mol. The van der Waals surface area contributed by atoms with Crippen molar-refractivity contribution < 1.29 is 0 Å². The Labute approximate surface area is 82.1 Å². The third-order valence-corrected chi connectivity index (χ3v) is 2.05. The molecule has 0 aliphatic heterocycles. The summed E-state index contributed by atoms with van der Waals surface area (Å²) in [6.45, 7) is 0. The van der Waals surface area contributed by atoms with Crippen LogP contribution in [0.2, 0.25) is 0 Å². The lowest BCUT2D eigenvalue weighted by Crippen LogP contribution is -1.91. The average molecular weight is 189 g/mol. The van der Waals surface area contributed by atoms with E-state index < -0.39 is 0 Å². The molecule has 1 heterocycles. The van der Waals surface area contributed by atoms with Crippen molar-refractivity contribution in [2.24, 2.45) is 0 Å². The van der Waals surface area contributed by atoms with Gasteiger partial charge >= 0.3 is 0 Å². The Hall–Kier alpha value is -1.52. The Morgan fingerprint density at radius 1 is 1.54 bits per heavy atom. The van der Waals surface area contributed by atoms with Gasteiger partial charge in [-0.05, 0) is 17.7 Å². The summed E-state index contributed by atoms with van der Waals surface area (Å²) >= 11 is 4.23. The van der Waals surface area contributed by atoms with Crippen molar-refractivity contribution in [3.05, 3.63) is 29.6 Å². The maximum Gasteiger partial charge on any atom is 0.140 e. The van der Waals surface area contributed by atoms with E-state index in [4.69, 9.17) is 10.5 Å². The second kappa shape index (κ2) is 4.49. The van der Waals surface area contributed by atoms with Crippen LogP contribution in [0, 0.1) is 22.7 Å². The van der Waals surface area contributed by atoms with Crippen molar-refractivity contribution in [2.75, 3.05) is 0 Å². The standard InChI is InChI=1S/C9H7N3S/c10-3-1-9(13)7-2-4-12-8(5-7)6-11/h2,4-5,9,13H,1H2. The van der Waals surface area contributed by atoms with Crippen molar-refractivity contribution in [2.45, 2.75) is 11.7 Å². The number of aromatic nitrogens is 1. The van der Waals surface area contributed by atoms with Gasteiger partial charge in [-0.1, -0.05) is 0 Å². The normalized spacial score (nSPS) is 11.3. The van der Waals surface area contributed by atoms with Crippen LogP contribution in [0.3, 0.4) is 0 Å². The molecule has 0 saturated carbocycles. The summed E-state index contributed by atoms with van der Waals surface area (Å²) in [7, 11) is 0. The number of hydrogen-bond donors (Lipinski definition) is 1. The fourth-order valence-corrected chi connectivity index (χ4v) is 1.16. The summed E-state index contributed by atoms with van der Waals surface area (Å²) in [4.78, 5) is 3.82. The molecule has 1 unspecified atom stereocenters. The molecule has 4 heteroatoms. The highest BCUT2D eigenvalue weighted by atomic mass is 32.1. The SMILES string of the molecule is N#CCC(S)c1ccnc(C#N)c1. The van der Waals surface area contributed by atoms with Crippen LogP contribution in [-0.4, -0.2) is 4.98 Å². The van der Waals surface area contributed by atoms with Crippen molar-refractivity contribution in [3.63, 3.8) is 0 Å². The zero-order chi connectivity index (χ0) is 9.68. The Kier molecular flexibility index (Phi) is 3.31. The summed E-state index contributed by atoms with van der Waals surface area (Å²) in [6, 6.07) is 7.37. The molecule has 0 aromatic carbocycles. The van der Waals surface area contributed by atoms with Gasteiger partial charge in [-0.3, -0.25) is 0 Å². The Balaban J connectivity index is 2.91. The quantitative estimate of drug-likeness (QED) is 0.722. The molecule has 0 N–H and O–H groups in total. The number of pyridine rings is 1. The van der Waals surface area contributed by atoms with Crippen LogP contribution in [0.25, 0.3) is 0 Å². The maximum absolute atomic E-state index is 8.57. The number of nitriles is 2. The third kappa shape index (κ3) is 2.47. The molecule has 3 nitrogen and oxygen atoms in total. The van der Waals surface area contributed by atoms with Gasteiger partial charge < -0.3 is 0 Å². The van der Waals surface area contributed by atoms with Gasteiger partial charge in [-0.25, -0.2) is 4.98 Å². The Bertz CT molecular complexity index is 375. The summed E-state index contributed by atoms with van der Waals surface area (Å²) in [5.74, 6) is 0. The molecule has 0 fully saturated rings. The van der Waals surface area contributed by atoms with Crippen LogP contribution in [0.5, 0.6) is 0 Å². The van der Waals surface area contributed by atoms with Crippen molar-refractivity contribution in [3.8, 4) is 12.1 Å². The summed E-state index contributed by atoms with van der Waals surface area (Å²) in [6.07, 6.45) is 1.88. The van der Waals surface area contributed by atoms with E-state index in [-0.39, 0.29) is 5.25 Å². The van der Waals surface area contributed by atoms with Gasteiger partial charge in [0.05, 0.1) is 12.5 Å². The number of rotatable bonds is 2. The van der Waals surface area contributed by atoms with Gasteiger partial charge in [-0.2, -0.15) is 23.2 Å². The highest BCUT2D eigenvalue weighted by Crippen LogP contribution is 2.22. The van der Waals surface area contributed by atoms with E-state index in [1.807, 2.05) is 12.1 Å². The molecule has 0 aliphatic rings. The Morgan fingerprint density at radius 2 is 2.31 bits per heavy atom. The van der Waals surface area contributed by atoms with E-state index in [9.17, 15) is 0 Å². The van der Waals surface area contributed by atoms with Crippen molar-refractivity contribution >= 4 is 12.6 Å². The fourth-order valence-electron chi connectivity index (χ4n) is 0.920. The minimum atomic E-state index is -0.139. The first-order valence-corrected chi connectivity index (χ1v) is 4.20. The molecule has 1 rings (SSSR count). The van der Waals surface area contributed by atoms with Crippen LogP contribution in [-0.2, 0) is 0 Å². The first kappa shape index (κ1) is 9.57. The van der Waals surface area contributed by atoms with Crippen LogP contribution in [0.4, 0.5) is 0 Å². The van der Waals surface area contributed by atoms with Crippen molar-refractivity contribution in [1.29, 1.82) is 10.5 Å². The highest BCUT2D eigenvalue weighted by Gasteiger charge is 2.06. The fraction of sp³-hybridized carbons (Fsp3) is 0.222. The van der Waals surface area contributed by atoms with E-state index in [1.165, 1.54) is 0 Å². The van der Waals surface area contributed by atoms with E-state index in [1.54, 1.807) is 18.3 Å². The molecule has 0 spiro atoms. The van der Waals surface area contributed by atoms with E-state index in [0.29, 0.717) is 12.1 Å². The lowest BCUT2D eigenvalue weighted by molar-refractivity contribution is 0.979. The Morgan fingerprint density at radius 3 is 2.92 bits per heavy atom. The number of nitrogens with zero attached hydrogens (tertiary/aromatic N) is 3. The van der Waals surface area contributed by atoms with E-state index >= 15 is 0 Å². The molecule has 0 bridgehead atoms. The van der Waals surface area contributed by atoms with Gasteiger partial charge in [0.25, 0.3) is 0 Å². The largest absolute Gasteiger partial charge is 0.246 e. The first-order valence-electron chi connectivity index (χ1n) is 3.69. The summed E-state index contributed by atoms with van der Waals surface area (Å²) < 4.78 is 0. The monoisotopic (exact) mass is 189 g/mol. The molecule has 1 aromatic rings. The highest BCUT2D eigenvalue weighted by molar-refractivity contribution is 7.80. The van der Waals surface area contributed by atoms with E-state index in [2.05, 4.69) is 17.6 Å². The number of thiol groups is 1. The smallest absolute Gasteiger partial charge is 0.140 e. The van der Waals surface area contributed by atoms with Crippen LogP contribution >= 0.6 is 12.6 Å². The van der Waals surface area contributed by atoms with Gasteiger partial charge in [0.15, 0.2) is 0 Å². The van der Waals surface area contributed by atoms with Gasteiger partial charge in [-0.15, -0.1) is 0 Å². The van der Waals surface area contributed by atoms with Crippen LogP contribution in [0.1, 0.15) is 22.9 Å². The number of hydrogen-bond acceptors (Lipinski definition) is 4. The van der Waals surface area contributed by atoms with Gasteiger partial charge in [0.2, 0.25) is 0 Å². The predicted octanol–water partition coefficient (Wildman–Crippen LogP) is 1.84. The minimum Gasteiger partial charge on any atom is -0.246 e. The first-order chi connectivity index (χ1) is 6.27. The summed E-state index contributed by atoms with van der Waals surface area (Å²) in [5.41, 5.74) is 1.21. The molecule has 0 aliphatic carbocycles. The van der Waals surface area contributed by atoms with Crippen LogP contribution < -0.4 is 0 Å². The molecule has 13 heavy (non-hydrogen) atoms. The van der Waals surface area contributed by atoms with E-state index in [0.717, 1.165) is 5.56 Å². The second-order valence-electron chi connectivity index (χ2n) is 2.46. The average Bonchev–Trinajstić information content (AvgIpc) is 2.18. The van der Waals surface area contributed by atoms with Crippen molar-refractivity contribution in [1.82, 2.24) is 4.98 Å². The lowest BCUT2D eigenvalue weighted by atomic mass is 10.1. The molecule has 0 amide bonds. The molecule has 0 saturated heterocycles. The molecule has 0 radical (unpaired) electrons.